The average Bonchev–Trinajstić information content (AvgIpc) is 2.46. The summed E-state index contributed by atoms with van der Waals surface area (Å²) < 4.78 is 0.815. The van der Waals surface area contributed by atoms with E-state index in [1.807, 2.05) is 36.1 Å². The molecule has 0 spiro atoms. The van der Waals surface area contributed by atoms with Crippen molar-refractivity contribution in [3.63, 3.8) is 0 Å². The molecule has 1 aromatic rings. The van der Waals surface area contributed by atoms with Crippen LogP contribution in [0, 0.1) is 5.92 Å². The van der Waals surface area contributed by atoms with Gasteiger partial charge in [-0.2, -0.15) is 0 Å². The van der Waals surface area contributed by atoms with Crippen LogP contribution in [-0.4, -0.2) is 34.8 Å². The highest BCUT2D eigenvalue weighted by atomic mass is 79.9. The number of halogens is 1. The van der Waals surface area contributed by atoms with Gasteiger partial charge >= 0.3 is 0 Å². The minimum atomic E-state index is 0.0305. The second-order valence-corrected chi connectivity index (χ2v) is 5.53. The molecule has 1 amide bonds. The van der Waals surface area contributed by atoms with Crippen LogP contribution in [0.2, 0.25) is 0 Å². The zero-order valence-electron chi connectivity index (χ0n) is 10.8. The van der Waals surface area contributed by atoms with E-state index in [1.54, 1.807) is 0 Å². The van der Waals surface area contributed by atoms with E-state index in [9.17, 15) is 4.79 Å². The van der Waals surface area contributed by atoms with Crippen LogP contribution in [0.5, 0.6) is 0 Å². The Labute approximate surface area is 121 Å². The minimum Gasteiger partial charge on any atom is -0.411 e. The largest absolute Gasteiger partial charge is 0.411 e. The maximum absolute atomic E-state index is 12.5. The first-order valence-electron chi connectivity index (χ1n) is 6.42. The number of hydrogen-bond donors (Lipinski definition) is 1. The highest BCUT2D eigenvalue weighted by molar-refractivity contribution is 9.10. The van der Waals surface area contributed by atoms with Crippen LogP contribution < -0.4 is 0 Å². The van der Waals surface area contributed by atoms with Crippen molar-refractivity contribution in [1.82, 2.24) is 4.90 Å². The van der Waals surface area contributed by atoms with Crippen LogP contribution in [-0.2, 0) is 0 Å². The van der Waals surface area contributed by atoms with Gasteiger partial charge in [0.2, 0.25) is 0 Å². The molecule has 1 fully saturated rings. The zero-order valence-corrected chi connectivity index (χ0v) is 12.4. The number of carbonyl (C=O) groups is 1. The lowest BCUT2D eigenvalue weighted by Gasteiger charge is -2.33. The summed E-state index contributed by atoms with van der Waals surface area (Å²) in [5, 5.41) is 12.3. The Morgan fingerprint density at radius 3 is 2.89 bits per heavy atom. The first-order chi connectivity index (χ1) is 9.17. The van der Waals surface area contributed by atoms with Gasteiger partial charge in [0.1, 0.15) is 0 Å². The van der Waals surface area contributed by atoms with Crippen molar-refractivity contribution in [3.05, 3.63) is 34.3 Å². The summed E-state index contributed by atoms with van der Waals surface area (Å²) in [5.74, 6) is 0.188. The summed E-state index contributed by atoms with van der Waals surface area (Å²) in [4.78, 5) is 14.3. The molecule has 1 saturated heterocycles. The predicted molar refractivity (Wildman–Crippen MR) is 77.7 cm³/mol. The fraction of sp³-hybridized carbons (Fsp3) is 0.429. The van der Waals surface area contributed by atoms with E-state index < -0.39 is 0 Å². The Morgan fingerprint density at radius 1 is 1.53 bits per heavy atom. The molecule has 102 valence electrons. The standard InChI is InChI=1S/C14H17BrN2O2/c1-2-10-9-17(8-7-13(10)16-19)14(18)11-5-3-4-6-12(11)15/h3-6,10,19H,2,7-9H2,1H3/b16-13+. The molecule has 1 heterocycles. The number of carbonyl (C=O) groups excluding carboxylic acids is 1. The number of piperidine rings is 1. The van der Waals surface area contributed by atoms with Gasteiger partial charge in [0.15, 0.2) is 0 Å². The van der Waals surface area contributed by atoms with Crippen LogP contribution in [0.1, 0.15) is 30.1 Å². The molecule has 0 aliphatic carbocycles. The molecule has 5 heteroatoms. The van der Waals surface area contributed by atoms with E-state index in [0.717, 1.165) is 16.6 Å². The molecule has 2 rings (SSSR count). The summed E-state index contributed by atoms with van der Waals surface area (Å²) in [5.41, 5.74) is 1.49. The van der Waals surface area contributed by atoms with Crippen molar-refractivity contribution in [2.75, 3.05) is 13.1 Å². The lowest BCUT2D eigenvalue weighted by Crippen LogP contribution is -2.44. The maximum atomic E-state index is 12.5. The summed E-state index contributed by atoms with van der Waals surface area (Å²) in [6.07, 6.45) is 1.52. The van der Waals surface area contributed by atoms with Crippen LogP contribution in [0.15, 0.2) is 33.9 Å². The Kier molecular flexibility index (Phi) is 4.58. The van der Waals surface area contributed by atoms with Crippen LogP contribution in [0.3, 0.4) is 0 Å². The Balaban J connectivity index is 2.16. The van der Waals surface area contributed by atoms with Gasteiger partial charge in [0, 0.05) is 29.9 Å². The number of nitrogens with zero attached hydrogens (tertiary/aromatic N) is 2. The van der Waals surface area contributed by atoms with Gasteiger partial charge < -0.3 is 10.1 Å². The van der Waals surface area contributed by atoms with Gasteiger partial charge in [-0.1, -0.05) is 24.2 Å². The number of oxime groups is 1. The van der Waals surface area contributed by atoms with Crippen LogP contribution >= 0.6 is 15.9 Å². The molecule has 4 nitrogen and oxygen atoms in total. The van der Waals surface area contributed by atoms with E-state index in [2.05, 4.69) is 21.1 Å². The average molecular weight is 325 g/mol. The quantitative estimate of drug-likeness (QED) is 0.671. The SMILES string of the molecule is CCC1CN(C(=O)c2ccccc2Br)CC/C1=N\O. The Bertz CT molecular complexity index is 502. The molecule has 0 saturated carbocycles. The lowest BCUT2D eigenvalue weighted by molar-refractivity contribution is 0.0728. The van der Waals surface area contributed by atoms with Gasteiger partial charge in [0.25, 0.3) is 5.91 Å². The molecule has 1 aliphatic rings. The second kappa shape index (κ2) is 6.19. The number of hydrogen-bond acceptors (Lipinski definition) is 3. The minimum absolute atomic E-state index is 0.0305. The predicted octanol–water partition coefficient (Wildman–Crippen LogP) is 3.15. The van der Waals surface area contributed by atoms with Crippen LogP contribution in [0.25, 0.3) is 0 Å². The van der Waals surface area contributed by atoms with E-state index in [1.165, 1.54) is 0 Å². The lowest BCUT2D eigenvalue weighted by atomic mass is 9.93. The third-order valence-electron chi connectivity index (χ3n) is 3.56. The molecule has 1 unspecified atom stereocenters. The van der Waals surface area contributed by atoms with Crippen molar-refractivity contribution < 1.29 is 10.0 Å². The van der Waals surface area contributed by atoms with Crippen LogP contribution in [0.4, 0.5) is 0 Å². The van der Waals surface area contributed by atoms with Crippen molar-refractivity contribution >= 4 is 27.5 Å². The van der Waals surface area contributed by atoms with E-state index in [-0.39, 0.29) is 11.8 Å². The number of rotatable bonds is 2. The molecule has 1 aliphatic heterocycles. The zero-order chi connectivity index (χ0) is 13.8. The summed E-state index contributed by atoms with van der Waals surface area (Å²) in [7, 11) is 0. The molecule has 0 radical (unpaired) electrons. The summed E-state index contributed by atoms with van der Waals surface area (Å²) in [6, 6.07) is 7.44. The van der Waals surface area contributed by atoms with E-state index in [0.29, 0.717) is 25.1 Å². The fourth-order valence-electron chi connectivity index (χ4n) is 2.40. The van der Waals surface area contributed by atoms with E-state index in [4.69, 9.17) is 5.21 Å². The summed E-state index contributed by atoms with van der Waals surface area (Å²) >= 11 is 3.41. The number of amides is 1. The fourth-order valence-corrected chi connectivity index (χ4v) is 2.86. The van der Waals surface area contributed by atoms with Crippen molar-refractivity contribution in [1.29, 1.82) is 0 Å². The first-order valence-corrected chi connectivity index (χ1v) is 7.21. The normalized spacial score (nSPS) is 21.7. The first kappa shape index (κ1) is 14.1. The van der Waals surface area contributed by atoms with Gasteiger partial charge in [-0.05, 0) is 34.5 Å². The highest BCUT2D eigenvalue weighted by Gasteiger charge is 2.28. The van der Waals surface area contributed by atoms with Gasteiger partial charge in [0.05, 0.1) is 11.3 Å². The third kappa shape index (κ3) is 2.97. The topological polar surface area (TPSA) is 52.9 Å². The molecule has 0 aromatic heterocycles. The van der Waals surface area contributed by atoms with Gasteiger partial charge in [-0.3, -0.25) is 4.79 Å². The number of benzene rings is 1. The molecule has 0 bridgehead atoms. The van der Waals surface area contributed by atoms with Crippen molar-refractivity contribution in [2.45, 2.75) is 19.8 Å². The second-order valence-electron chi connectivity index (χ2n) is 4.68. The molecule has 1 atom stereocenters. The maximum Gasteiger partial charge on any atom is 0.255 e. The summed E-state index contributed by atoms with van der Waals surface area (Å²) in [6.45, 7) is 3.27. The Hall–Kier alpha value is -1.36. The van der Waals surface area contributed by atoms with Gasteiger partial charge in [-0.15, -0.1) is 0 Å². The molecular weight excluding hydrogens is 308 g/mol. The van der Waals surface area contributed by atoms with Gasteiger partial charge in [-0.25, -0.2) is 0 Å². The highest BCUT2D eigenvalue weighted by Crippen LogP contribution is 2.22. The molecule has 1 aromatic carbocycles. The number of likely N-dealkylation sites (tertiary alicyclic amines) is 1. The Morgan fingerprint density at radius 2 is 2.26 bits per heavy atom. The van der Waals surface area contributed by atoms with Crippen molar-refractivity contribution in [2.24, 2.45) is 11.1 Å². The van der Waals surface area contributed by atoms with Crippen molar-refractivity contribution in [3.8, 4) is 0 Å². The monoisotopic (exact) mass is 324 g/mol. The third-order valence-corrected chi connectivity index (χ3v) is 4.25. The molecule has 1 N–H and O–H groups in total. The molecule has 19 heavy (non-hydrogen) atoms. The molecular formula is C14H17BrN2O2. The smallest absolute Gasteiger partial charge is 0.255 e. The van der Waals surface area contributed by atoms with E-state index >= 15 is 0 Å².